The fraction of sp³-hybridized carbons (Fsp3) is 0.211. The Morgan fingerprint density at radius 3 is 2.50 bits per heavy atom. The van der Waals surface area contributed by atoms with Gasteiger partial charge in [0.2, 0.25) is 11.8 Å². The topological polar surface area (TPSA) is 88.1 Å². The van der Waals surface area contributed by atoms with Crippen molar-refractivity contribution in [3.63, 3.8) is 0 Å². The molecule has 7 heteroatoms. The van der Waals surface area contributed by atoms with E-state index in [-0.39, 0.29) is 35.9 Å². The maximum atomic E-state index is 12.9. The van der Waals surface area contributed by atoms with Gasteiger partial charge in [-0.05, 0) is 30.2 Å². The predicted octanol–water partition coefficient (Wildman–Crippen LogP) is 2.80. The van der Waals surface area contributed by atoms with E-state index in [1.165, 1.54) is 12.3 Å². The van der Waals surface area contributed by atoms with Gasteiger partial charge in [0.15, 0.2) is 0 Å². The van der Waals surface area contributed by atoms with Gasteiger partial charge >= 0.3 is 0 Å². The lowest BCUT2D eigenvalue weighted by Gasteiger charge is -2.07. The number of aromatic nitrogens is 3. The Kier molecular flexibility index (Phi) is 5.38. The van der Waals surface area contributed by atoms with Gasteiger partial charge in [0.25, 0.3) is 5.56 Å². The van der Waals surface area contributed by atoms with Crippen molar-refractivity contribution in [2.45, 2.75) is 20.0 Å². The minimum absolute atomic E-state index is 0.139. The highest BCUT2D eigenvalue weighted by molar-refractivity contribution is 5.62. The minimum atomic E-state index is -0.527. The third-order valence-electron chi connectivity index (χ3n) is 3.88. The lowest BCUT2D eigenvalue weighted by Crippen LogP contribution is -2.17. The van der Waals surface area contributed by atoms with Crippen molar-refractivity contribution < 1.29 is 14.2 Å². The average Bonchev–Trinajstić information content (AvgIpc) is 2.64. The van der Waals surface area contributed by atoms with Gasteiger partial charge in [0.05, 0.1) is 5.56 Å². The Balaban J connectivity index is 1.79. The molecule has 0 amide bonds. The summed E-state index contributed by atoms with van der Waals surface area (Å²) in [7, 11) is 0. The summed E-state index contributed by atoms with van der Waals surface area (Å²) < 4.78 is 18.1. The molecule has 0 fully saturated rings. The zero-order valence-electron chi connectivity index (χ0n) is 14.2. The maximum Gasteiger partial charge on any atom is 0.258 e. The Morgan fingerprint density at radius 2 is 1.88 bits per heavy atom. The molecule has 0 saturated carbocycles. The number of H-pyrrole nitrogens is 1. The van der Waals surface area contributed by atoms with Crippen LogP contribution in [0.3, 0.4) is 0 Å². The summed E-state index contributed by atoms with van der Waals surface area (Å²) in [5, 5.41) is 10.1. The molecule has 1 aromatic carbocycles. The van der Waals surface area contributed by atoms with Gasteiger partial charge < -0.3 is 14.8 Å². The number of aromatic hydroxyl groups is 1. The summed E-state index contributed by atoms with van der Waals surface area (Å²) in [6.07, 6.45) is 1.70. The van der Waals surface area contributed by atoms with Gasteiger partial charge in [0.1, 0.15) is 12.4 Å². The fourth-order valence-electron chi connectivity index (χ4n) is 2.52. The lowest BCUT2D eigenvalue weighted by atomic mass is 10.0. The SMILES string of the molecule is CCOCc1nc(O)c(Cc2ccc(-c3ccc(F)nc3)cc2)c(=O)[nH]1. The van der Waals surface area contributed by atoms with Crippen molar-refractivity contribution in [1.82, 2.24) is 15.0 Å². The molecule has 0 bridgehead atoms. The smallest absolute Gasteiger partial charge is 0.258 e. The molecule has 0 spiro atoms. The summed E-state index contributed by atoms with van der Waals surface area (Å²) >= 11 is 0. The summed E-state index contributed by atoms with van der Waals surface area (Å²) in [5.74, 6) is -0.534. The largest absolute Gasteiger partial charge is 0.493 e. The van der Waals surface area contributed by atoms with E-state index in [0.29, 0.717) is 6.61 Å². The molecule has 0 aliphatic rings. The van der Waals surface area contributed by atoms with Gasteiger partial charge in [-0.2, -0.15) is 9.37 Å². The number of pyridine rings is 1. The zero-order valence-corrected chi connectivity index (χ0v) is 14.2. The first-order valence-electron chi connectivity index (χ1n) is 8.16. The summed E-state index contributed by atoms with van der Waals surface area (Å²) in [6.45, 7) is 2.46. The van der Waals surface area contributed by atoms with Gasteiger partial charge in [-0.15, -0.1) is 0 Å². The van der Waals surface area contributed by atoms with Gasteiger partial charge in [-0.1, -0.05) is 24.3 Å². The van der Waals surface area contributed by atoms with Crippen LogP contribution in [-0.4, -0.2) is 26.7 Å². The quantitative estimate of drug-likeness (QED) is 0.664. The summed E-state index contributed by atoms with van der Waals surface area (Å²) in [6, 6.07) is 10.3. The van der Waals surface area contributed by atoms with E-state index >= 15 is 0 Å². The van der Waals surface area contributed by atoms with Crippen LogP contribution in [0.1, 0.15) is 23.9 Å². The number of aromatic amines is 1. The Labute approximate surface area is 149 Å². The first-order chi connectivity index (χ1) is 12.6. The van der Waals surface area contributed by atoms with Crippen LogP contribution < -0.4 is 5.56 Å². The molecule has 134 valence electrons. The number of nitrogens with one attached hydrogen (secondary N) is 1. The molecule has 0 aliphatic carbocycles. The molecule has 2 N–H and O–H groups in total. The highest BCUT2D eigenvalue weighted by Crippen LogP contribution is 2.21. The second-order valence-electron chi connectivity index (χ2n) is 5.70. The molecule has 0 atom stereocenters. The van der Waals surface area contributed by atoms with Crippen molar-refractivity contribution >= 4 is 0 Å². The van der Waals surface area contributed by atoms with Crippen LogP contribution in [0.4, 0.5) is 4.39 Å². The number of halogens is 1. The monoisotopic (exact) mass is 355 g/mol. The molecule has 3 aromatic rings. The molecule has 0 saturated heterocycles. The minimum Gasteiger partial charge on any atom is -0.493 e. The number of benzene rings is 1. The van der Waals surface area contributed by atoms with Crippen molar-refractivity contribution in [2.75, 3.05) is 6.61 Å². The Morgan fingerprint density at radius 1 is 1.15 bits per heavy atom. The van der Waals surface area contributed by atoms with E-state index in [1.54, 1.807) is 6.07 Å². The first kappa shape index (κ1) is 17.8. The Hall–Kier alpha value is -3.06. The van der Waals surface area contributed by atoms with Crippen molar-refractivity contribution in [2.24, 2.45) is 0 Å². The van der Waals surface area contributed by atoms with E-state index in [1.807, 2.05) is 31.2 Å². The lowest BCUT2D eigenvalue weighted by molar-refractivity contribution is 0.127. The predicted molar refractivity (Wildman–Crippen MR) is 94.3 cm³/mol. The third-order valence-corrected chi connectivity index (χ3v) is 3.88. The fourth-order valence-corrected chi connectivity index (χ4v) is 2.52. The molecule has 26 heavy (non-hydrogen) atoms. The van der Waals surface area contributed by atoms with Crippen LogP contribution in [0.15, 0.2) is 47.4 Å². The average molecular weight is 355 g/mol. The van der Waals surface area contributed by atoms with Gasteiger partial charge in [0, 0.05) is 24.8 Å². The number of hydrogen-bond acceptors (Lipinski definition) is 5. The van der Waals surface area contributed by atoms with Crippen molar-refractivity contribution in [3.8, 4) is 17.0 Å². The highest BCUT2D eigenvalue weighted by atomic mass is 19.1. The van der Waals surface area contributed by atoms with E-state index in [2.05, 4.69) is 15.0 Å². The number of ether oxygens (including phenoxy) is 1. The second-order valence-corrected chi connectivity index (χ2v) is 5.70. The zero-order chi connectivity index (χ0) is 18.5. The molecule has 2 heterocycles. The van der Waals surface area contributed by atoms with Crippen LogP contribution in [0, 0.1) is 5.95 Å². The molecule has 3 rings (SSSR count). The summed E-state index contributed by atoms with van der Waals surface area (Å²) in [5.41, 5.74) is 2.31. The molecular weight excluding hydrogens is 337 g/mol. The highest BCUT2D eigenvalue weighted by Gasteiger charge is 2.12. The van der Waals surface area contributed by atoms with Gasteiger partial charge in [-0.3, -0.25) is 4.79 Å². The number of rotatable bonds is 6. The molecule has 0 aliphatic heterocycles. The molecule has 0 unspecified atom stereocenters. The van der Waals surface area contributed by atoms with Crippen LogP contribution in [0.25, 0.3) is 11.1 Å². The second kappa shape index (κ2) is 7.88. The Bertz CT molecular complexity index is 938. The van der Waals surface area contributed by atoms with Crippen LogP contribution >= 0.6 is 0 Å². The van der Waals surface area contributed by atoms with Crippen LogP contribution in [0.2, 0.25) is 0 Å². The molecule has 2 aromatic heterocycles. The van der Waals surface area contributed by atoms with E-state index < -0.39 is 5.95 Å². The third kappa shape index (κ3) is 4.12. The van der Waals surface area contributed by atoms with Crippen LogP contribution in [0.5, 0.6) is 5.88 Å². The number of nitrogens with zero attached hydrogens (tertiary/aromatic N) is 2. The standard InChI is InChI=1S/C19H18FN3O3/c1-2-26-11-17-22-18(24)15(19(25)23-17)9-12-3-5-13(6-4-12)14-7-8-16(20)21-10-14/h3-8,10H,2,9,11H2,1H3,(H2,22,23,24,25). The first-order valence-corrected chi connectivity index (χ1v) is 8.16. The molecule has 6 nitrogen and oxygen atoms in total. The van der Waals surface area contributed by atoms with E-state index in [9.17, 15) is 14.3 Å². The van der Waals surface area contributed by atoms with Gasteiger partial charge in [-0.25, -0.2) is 4.98 Å². The van der Waals surface area contributed by atoms with E-state index in [0.717, 1.165) is 16.7 Å². The maximum absolute atomic E-state index is 12.9. The number of hydrogen-bond donors (Lipinski definition) is 2. The molecule has 0 radical (unpaired) electrons. The van der Waals surface area contributed by atoms with Crippen molar-refractivity contribution in [3.05, 3.63) is 75.8 Å². The van der Waals surface area contributed by atoms with Crippen molar-refractivity contribution in [1.29, 1.82) is 0 Å². The van der Waals surface area contributed by atoms with Crippen LogP contribution in [-0.2, 0) is 17.8 Å². The normalized spacial score (nSPS) is 10.8. The summed E-state index contributed by atoms with van der Waals surface area (Å²) in [4.78, 5) is 22.4. The molecular formula is C19H18FN3O3. The van der Waals surface area contributed by atoms with E-state index in [4.69, 9.17) is 4.74 Å².